The Balaban J connectivity index is 2.24. The first kappa shape index (κ1) is 18.0. The highest BCUT2D eigenvalue weighted by atomic mass is 19.1. The average molecular weight is 344 g/mol. The van der Waals surface area contributed by atoms with E-state index >= 15 is 0 Å². The zero-order valence-corrected chi connectivity index (χ0v) is 15.5. The van der Waals surface area contributed by atoms with E-state index < -0.39 is 11.6 Å². The first-order valence-electron chi connectivity index (χ1n) is 9.57. The van der Waals surface area contributed by atoms with E-state index in [1.54, 1.807) is 6.07 Å². The Morgan fingerprint density at radius 1 is 1.08 bits per heavy atom. The van der Waals surface area contributed by atoms with Crippen molar-refractivity contribution >= 4 is 0 Å². The van der Waals surface area contributed by atoms with E-state index in [2.05, 4.69) is 43.7 Å². The minimum Gasteiger partial charge on any atom is -0.207 e. The van der Waals surface area contributed by atoms with E-state index in [-0.39, 0.29) is 5.41 Å². The Bertz CT molecular complexity index is 763. The van der Waals surface area contributed by atoms with Crippen LogP contribution in [0, 0.1) is 11.6 Å². The summed E-state index contributed by atoms with van der Waals surface area (Å²) in [6.45, 7) is 7.26. The fourth-order valence-electron chi connectivity index (χ4n) is 4.23. The molecular weight excluding hydrogens is 316 g/mol. The second-order valence-electron chi connectivity index (χ2n) is 7.26. The summed E-state index contributed by atoms with van der Waals surface area (Å²) in [5.41, 5.74) is 3.39. The topological polar surface area (TPSA) is 3.88 Å². The molecule has 25 heavy (non-hydrogen) atoms. The van der Waals surface area contributed by atoms with Crippen LogP contribution in [-0.4, -0.2) is 0 Å². The van der Waals surface area contributed by atoms with Crippen LogP contribution in [0.2, 0.25) is 0 Å². The molecule has 0 bridgehead atoms. The molecule has 1 nitrogen and oxygen atoms in total. The van der Waals surface area contributed by atoms with Crippen molar-refractivity contribution in [3.63, 3.8) is 0 Å². The fourth-order valence-corrected chi connectivity index (χ4v) is 4.23. The summed E-state index contributed by atoms with van der Waals surface area (Å²) in [6.07, 6.45) is 8.00. The zero-order valence-electron chi connectivity index (χ0n) is 15.5. The normalized spacial score (nSPS) is 15.4. The summed E-state index contributed by atoms with van der Waals surface area (Å²) in [6, 6.07) is 6.85. The van der Waals surface area contributed by atoms with Crippen molar-refractivity contribution in [3.05, 3.63) is 53.2 Å². The van der Waals surface area contributed by atoms with Crippen molar-refractivity contribution in [2.45, 2.75) is 71.3 Å². The highest BCUT2D eigenvalue weighted by Gasteiger charge is 2.39. The van der Waals surface area contributed by atoms with Crippen molar-refractivity contribution in [1.29, 1.82) is 0 Å². The molecule has 0 unspecified atom stereocenters. The van der Waals surface area contributed by atoms with Gasteiger partial charge in [-0.3, -0.25) is 0 Å². The van der Waals surface area contributed by atoms with E-state index in [1.807, 2.05) is 0 Å². The van der Waals surface area contributed by atoms with Gasteiger partial charge >= 0.3 is 0 Å². The van der Waals surface area contributed by atoms with Crippen LogP contribution in [0.5, 0.6) is 0 Å². The quantitative estimate of drug-likeness (QED) is 0.610. The third kappa shape index (κ3) is 3.21. The number of pyridine rings is 1. The van der Waals surface area contributed by atoms with Crippen molar-refractivity contribution in [2.75, 3.05) is 0 Å². The Labute approximate surface area is 149 Å². The van der Waals surface area contributed by atoms with Gasteiger partial charge in [0.25, 0.3) is 0 Å². The number of nitrogens with zero attached hydrogens (tertiary/aromatic N) is 1. The van der Waals surface area contributed by atoms with Crippen LogP contribution in [0.15, 0.2) is 30.5 Å². The monoisotopic (exact) mass is 344 g/mol. The van der Waals surface area contributed by atoms with E-state index in [9.17, 15) is 8.78 Å². The van der Waals surface area contributed by atoms with E-state index in [0.29, 0.717) is 5.56 Å². The molecule has 1 aliphatic heterocycles. The number of hydrogen-bond acceptors (Lipinski definition) is 0. The molecule has 1 aromatic carbocycles. The third-order valence-electron chi connectivity index (χ3n) is 5.99. The van der Waals surface area contributed by atoms with E-state index in [1.165, 1.54) is 5.56 Å². The molecule has 1 aromatic heterocycles. The standard InChI is InChI=1S/C22H28F2N/c1-4-7-8-16-9-11-25-12-10-22(5-2,6-3)18-14-17(23)15-19(24)21(18)20(25)13-16/h9,11,13-15H,4-8,10,12H2,1-3H3/q+1. The molecule has 134 valence electrons. The molecule has 0 saturated carbocycles. The Hall–Kier alpha value is -1.77. The van der Waals surface area contributed by atoms with Gasteiger partial charge in [0.05, 0.1) is 5.56 Å². The first-order valence-corrected chi connectivity index (χ1v) is 9.57. The molecule has 2 aromatic rings. The Morgan fingerprint density at radius 3 is 2.52 bits per heavy atom. The lowest BCUT2D eigenvalue weighted by atomic mass is 9.71. The lowest BCUT2D eigenvalue weighted by molar-refractivity contribution is -0.687. The Kier molecular flexibility index (Phi) is 5.21. The number of aryl methyl sites for hydroxylation is 2. The summed E-state index contributed by atoms with van der Waals surface area (Å²) >= 11 is 0. The molecule has 0 radical (unpaired) electrons. The molecular formula is C22H28F2N+. The van der Waals surface area contributed by atoms with Crippen LogP contribution in [0.3, 0.4) is 0 Å². The van der Waals surface area contributed by atoms with E-state index in [4.69, 9.17) is 0 Å². The van der Waals surface area contributed by atoms with Crippen LogP contribution >= 0.6 is 0 Å². The molecule has 3 rings (SSSR count). The maximum Gasteiger partial charge on any atom is 0.216 e. The van der Waals surface area contributed by atoms with Gasteiger partial charge in [0.2, 0.25) is 5.69 Å². The fraction of sp³-hybridized carbons (Fsp3) is 0.500. The van der Waals surface area contributed by atoms with Gasteiger partial charge in [-0.25, -0.2) is 8.78 Å². The lowest BCUT2D eigenvalue weighted by Gasteiger charge is -2.31. The van der Waals surface area contributed by atoms with Gasteiger partial charge < -0.3 is 0 Å². The van der Waals surface area contributed by atoms with Gasteiger partial charge in [-0.15, -0.1) is 0 Å². The van der Waals surface area contributed by atoms with Crippen LogP contribution in [0.1, 0.15) is 64.0 Å². The molecule has 2 heterocycles. The molecule has 0 aliphatic carbocycles. The van der Waals surface area contributed by atoms with Gasteiger partial charge in [0.15, 0.2) is 6.20 Å². The molecule has 0 amide bonds. The van der Waals surface area contributed by atoms with Crippen LogP contribution in [0.4, 0.5) is 8.78 Å². The number of hydrogen-bond donors (Lipinski definition) is 0. The second-order valence-corrected chi connectivity index (χ2v) is 7.26. The van der Waals surface area contributed by atoms with Crippen LogP contribution < -0.4 is 4.57 Å². The van der Waals surface area contributed by atoms with Crippen LogP contribution in [-0.2, 0) is 18.4 Å². The molecule has 0 spiro atoms. The van der Waals surface area contributed by atoms with Crippen molar-refractivity contribution in [3.8, 4) is 11.3 Å². The minimum absolute atomic E-state index is 0.173. The number of unbranched alkanes of at least 4 members (excludes halogenated alkanes) is 1. The predicted molar refractivity (Wildman–Crippen MR) is 97.5 cm³/mol. The first-order chi connectivity index (χ1) is 12.0. The van der Waals surface area contributed by atoms with Crippen LogP contribution in [0.25, 0.3) is 11.3 Å². The molecule has 1 aliphatic rings. The number of aromatic nitrogens is 1. The number of halogens is 2. The lowest BCUT2D eigenvalue weighted by Crippen LogP contribution is -2.37. The molecule has 0 atom stereocenters. The number of fused-ring (bicyclic) bond motifs is 3. The summed E-state index contributed by atoms with van der Waals surface area (Å²) in [5.74, 6) is -0.914. The maximum atomic E-state index is 14.9. The number of benzene rings is 1. The highest BCUT2D eigenvalue weighted by Crippen LogP contribution is 2.43. The minimum atomic E-state index is -0.474. The SMILES string of the molecule is CCCCc1cc[n+]2c(c1)-c1c(F)cc(F)cc1C(CC)(CC)CC2. The van der Waals surface area contributed by atoms with Gasteiger partial charge in [-0.05, 0) is 42.9 Å². The largest absolute Gasteiger partial charge is 0.216 e. The zero-order chi connectivity index (χ0) is 18.0. The predicted octanol–water partition coefficient (Wildman–Crippen LogP) is 5.72. The maximum absolute atomic E-state index is 14.9. The summed E-state index contributed by atoms with van der Waals surface area (Å²) in [7, 11) is 0. The highest BCUT2D eigenvalue weighted by molar-refractivity contribution is 5.65. The van der Waals surface area contributed by atoms with Crippen molar-refractivity contribution < 1.29 is 13.3 Å². The third-order valence-corrected chi connectivity index (χ3v) is 5.99. The molecule has 0 saturated heterocycles. The van der Waals surface area contributed by atoms with Crippen molar-refractivity contribution in [1.82, 2.24) is 0 Å². The molecule has 3 heteroatoms. The van der Waals surface area contributed by atoms with Crippen molar-refractivity contribution in [2.24, 2.45) is 0 Å². The van der Waals surface area contributed by atoms with Gasteiger partial charge in [-0.1, -0.05) is 27.2 Å². The average Bonchev–Trinajstić information content (AvgIpc) is 2.74. The number of rotatable bonds is 5. The van der Waals surface area contributed by atoms with Gasteiger partial charge in [0.1, 0.15) is 18.2 Å². The summed E-state index contributed by atoms with van der Waals surface area (Å²) in [4.78, 5) is 0. The van der Waals surface area contributed by atoms with E-state index in [0.717, 1.165) is 62.4 Å². The summed E-state index contributed by atoms with van der Waals surface area (Å²) in [5, 5.41) is 0. The molecule has 0 fully saturated rings. The Morgan fingerprint density at radius 2 is 1.84 bits per heavy atom. The molecule has 0 N–H and O–H groups in total. The smallest absolute Gasteiger partial charge is 0.207 e. The van der Waals surface area contributed by atoms with Gasteiger partial charge in [0, 0.05) is 30.0 Å². The second kappa shape index (κ2) is 7.23. The van der Waals surface area contributed by atoms with Gasteiger partial charge in [-0.2, -0.15) is 4.57 Å². The summed E-state index contributed by atoms with van der Waals surface area (Å²) < 4.78 is 31.2.